The Morgan fingerprint density at radius 1 is 0.600 bits per heavy atom. The Morgan fingerprint density at radius 3 is 1.30 bits per heavy atom. The Balaban J connectivity index is 0. The lowest BCUT2D eigenvalue weighted by atomic mass is 10.0. The van der Waals surface area contributed by atoms with Crippen LogP contribution in [0.5, 0.6) is 0 Å². The second-order valence-corrected chi connectivity index (χ2v) is 5.81. The van der Waals surface area contributed by atoms with Crippen molar-refractivity contribution >= 4 is 12.4 Å². The van der Waals surface area contributed by atoms with E-state index in [1.54, 1.807) is 6.20 Å². The Bertz CT molecular complexity index is 180. The lowest BCUT2D eigenvalue weighted by Gasteiger charge is -2.02. The van der Waals surface area contributed by atoms with Gasteiger partial charge in [0.25, 0.3) is 0 Å². The van der Waals surface area contributed by atoms with Gasteiger partial charge in [-0.15, -0.1) is 12.4 Å². The van der Waals surface area contributed by atoms with Crippen molar-refractivity contribution in [1.29, 1.82) is 0 Å². The largest absolute Gasteiger partial charge is 0.405 e. The molecule has 0 atom stereocenters. The molecule has 0 spiro atoms. The zero-order chi connectivity index (χ0) is 14.0. The summed E-state index contributed by atoms with van der Waals surface area (Å²) in [7, 11) is 0. The van der Waals surface area contributed by atoms with E-state index in [4.69, 9.17) is 5.73 Å². The van der Waals surface area contributed by atoms with Crippen LogP contribution in [0.1, 0.15) is 103 Å². The number of hydrogen-bond acceptors (Lipinski definition) is 1. The first-order chi connectivity index (χ1) is 9.41. The van der Waals surface area contributed by atoms with Crippen LogP contribution >= 0.6 is 12.4 Å². The monoisotopic (exact) mass is 303 g/mol. The predicted octanol–water partition coefficient (Wildman–Crippen LogP) is 6.75. The molecule has 0 aromatic carbocycles. The third-order valence-electron chi connectivity index (χ3n) is 3.86. The summed E-state index contributed by atoms with van der Waals surface area (Å²) in [5.74, 6) is 0. The van der Waals surface area contributed by atoms with Gasteiger partial charge in [0.1, 0.15) is 0 Å². The van der Waals surface area contributed by atoms with Gasteiger partial charge in [-0.1, -0.05) is 96.5 Å². The van der Waals surface area contributed by atoms with Crippen molar-refractivity contribution in [1.82, 2.24) is 0 Å². The van der Waals surface area contributed by atoms with E-state index >= 15 is 0 Å². The van der Waals surface area contributed by atoms with E-state index in [-0.39, 0.29) is 12.4 Å². The summed E-state index contributed by atoms with van der Waals surface area (Å²) in [6, 6.07) is 0. The summed E-state index contributed by atoms with van der Waals surface area (Å²) in [4.78, 5) is 0. The summed E-state index contributed by atoms with van der Waals surface area (Å²) in [5.41, 5.74) is 5.30. The molecule has 2 heteroatoms. The summed E-state index contributed by atoms with van der Waals surface area (Å²) in [6.45, 7) is 2.29. The molecule has 0 aliphatic carbocycles. The van der Waals surface area contributed by atoms with Gasteiger partial charge in [-0.3, -0.25) is 0 Å². The molecule has 0 amide bonds. The van der Waals surface area contributed by atoms with E-state index < -0.39 is 0 Å². The molecule has 0 rings (SSSR count). The average Bonchev–Trinajstić information content (AvgIpc) is 2.43. The van der Waals surface area contributed by atoms with E-state index in [9.17, 15) is 0 Å². The fraction of sp³-hybridized carbons (Fsp3) is 0.889. The van der Waals surface area contributed by atoms with Gasteiger partial charge in [0.15, 0.2) is 0 Å². The first kappa shape index (κ1) is 22.1. The van der Waals surface area contributed by atoms with Crippen LogP contribution in [-0.2, 0) is 0 Å². The maximum atomic E-state index is 5.30. The molecule has 0 saturated heterocycles. The molecule has 0 fully saturated rings. The fourth-order valence-corrected chi connectivity index (χ4v) is 2.55. The van der Waals surface area contributed by atoms with Gasteiger partial charge in [-0.25, -0.2) is 0 Å². The minimum atomic E-state index is 0. The zero-order valence-corrected chi connectivity index (χ0v) is 14.6. The van der Waals surface area contributed by atoms with Crippen molar-refractivity contribution in [3.63, 3.8) is 0 Å². The summed E-state index contributed by atoms with van der Waals surface area (Å²) >= 11 is 0. The van der Waals surface area contributed by atoms with Gasteiger partial charge < -0.3 is 5.73 Å². The average molecular weight is 304 g/mol. The predicted molar refractivity (Wildman–Crippen MR) is 95.5 cm³/mol. The van der Waals surface area contributed by atoms with E-state index in [1.165, 1.54) is 89.9 Å². The molecule has 20 heavy (non-hydrogen) atoms. The van der Waals surface area contributed by atoms with Crippen LogP contribution in [0.2, 0.25) is 0 Å². The van der Waals surface area contributed by atoms with Gasteiger partial charge in [0, 0.05) is 0 Å². The number of nitrogens with two attached hydrogens (primary N) is 1. The van der Waals surface area contributed by atoms with Crippen LogP contribution < -0.4 is 5.73 Å². The van der Waals surface area contributed by atoms with Crippen molar-refractivity contribution in [2.24, 2.45) is 5.73 Å². The molecular weight excluding hydrogens is 266 g/mol. The van der Waals surface area contributed by atoms with Crippen molar-refractivity contribution in [3.8, 4) is 0 Å². The molecule has 0 saturated carbocycles. The van der Waals surface area contributed by atoms with Crippen molar-refractivity contribution in [2.45, 2.75) is 103 Å². The normalized spacial score (nSPS) is 10.8. The van der Waals surface area contributed by atoms with Gasteiger partial charge in [-0.05, 0) is 19.0 Å². The number of allylic oxidation sites excluding steroid dienone is 1. The molecule has 0 bridgehead atoms. The molecule has 1 nitrogen and oxygen atoms in total. The molecule has 0 radical (unpaired) electrons. The van der Waals surface area contributed by atoms with Crippen molar-refractivity contribution in [3.05, 3.63) is 12.3 Å². The Hall–Kier alpha value is -0.170. The molecular formula is C18H38ClN. The van der Waals surface area contributed by atoms with Gasteiger partial charge in [0.05, 0.1) is 0 Å². The Morgan fingerprint density at radius 2 is 0.950 bits per heavy atom. The van der Waals surface area contributed by atoms with Gasteiger partial charge in [-0.2, -0.15) is 0 Å². The lowest BCUT2D eigenvalue weighted by Crippen LogP contribution is -1.83. The van der Waals surface area contributed by atoms with Crippen LogP contribution in [-0.4, -0.2) is 0 Å². The zero-order valence-electron chi connectivity index (χ0n) is 13.7. The first-order valence-electron chi connectivity index (χ1n) is 8.78. The minimum absolute atomic E-state index is 0. The van der Waals surface area contributed by atoms with Crippen molar-refractivity contribution in [2.75, 3.05) is 0 Å². The van der Waals surface area contributed by atoms with E-state index in [0.717, 1.165) is 6.42 Å². The smallest absolute Gasteiger partial charge is 0.0103 e. The maximum Gasteiger partial charge on any atom is -0.0103 e. The highest BCUT2D eigenvalue weighted by Gasteiger charge is 1.93. The molecule has 2 N–H and O–H groups in total. The Labute approximate surface area is 134 Å². The van der Waals surface area contributed by atoms with Crippen molar-refractivity contribution < 1.29 is 0 Å². The molecule has 0 unspecified atom stereocenters. The fourth-order valence-electron chi connectivity index (χ4n) is 2.55. The standard InChI is InChI=1S/C18H37N.ClH/c1-2-3-4-5-6-7-8-9-10-11-12-13-14-15-16-17-18-19;/h17-18H,2-16,19H2,1H3;1H/b18-17+;. The molecule has 0 aromatic rings. The number of unbranched alkanes of at least 4 members (excludes halogenated alkanes) is 14. The highest BCUT2D eigenvalue weighted by Crippen LogP contribution is 2.13. The molecule has 0 aliphatic heterocycles. The van der Waals surface area contributed by atoms with E-state index in [2.05, 4.69) is 13.0 Å². The second-order valence-electron chi connectivity index (χ2n) is 5.81. The lowest BCUT2D eigenvalue weighted by molar-refractivity contribution is 0.536. The van der Waals surface area contributed by atoms with Crippen LogP contribution in [0.15, 0.2) is 12.3 Å². The highest BCUT2D eigenvalue weighted by molar-refractivity contribution is 5.85. The molecule has 0 aliphatic rings. The first-order valence-corrected chi connectivity index (χ1v) is 8.78. The van der Waals surface area contributed by atoms with Crippen LogP contribution in [0, 0.1) is 0 Å². The number of hydrogen-bond donors (Lipinski definition) is 1. The number of halogens is 1. The van der Waals surface area contributed by atoms with Gasteiger partial charge >= 0.3 is 0 Å². The second kappa shape index (κ2) is 21.1. The van der Waals surface area contributed by atoms with E-state index in [1.807, 2.05) is 0 Å². The third-order valence-corrected chi connectivity index (χ3v) is 3.86. The quantitative estimate of drug-likeness (QED) is 0.333. The van der Waals surface area contributed by atoms with Gasteiger partial charge in [0.2, 0.25) is 0 Å². The summed E-state index contributed by atoms with van der Waals surface area (Å²) in [6.07, 6.45) is 24.9. The van der Waals surface area contributed by atoms with Crippen LogP contribution in [0.4, 0.5) is 0 Å². The SMILES string of the molecule is CCCCCCCCCCCCCCCC/C=C/N.Cl. The van der Waals surface area contributed by atoms with E-state index in [0.29, 0.717) is 0 Å². The highest BCUT2D eigenvalue weighted by atomic mass is 35.5. The molecule has 122 valence electrons. The van der Waals surface area contributed by atoms with Crippen LogP contribution in [0.3, 0.4) is 0 Å². The molecule has 0 aromatic heterocycles. The minimum Gasteiger partial charge on any atom is -0.405 e. The summed E-state index contributed by atoms with van der Waals surface area (Å²) < 4.78 is 0. The Kier molecular flexibility index (Phi) is 23.4. The van der Waals surface area contributed by atoms with Crippen LogP contribution in [0.25, 0.3) is 0 Å². The maximum absolute atomic E-state index is 5.30. The summed E-state index contributed by atoms with van der Waals surface area (Å²) in [5, 5.41) is 0. The third kappa shape index (κ3) is 20.2. The topological polar surface area (TPSA) is 26.0 Å². The molecule has 0 heterocycles. The number of rotatable bonds is 15.